The zero-order chi connectivity index (χ0) is 14.4. The molecule has 0 saturated carbocycles. The lowest BCUT2D eigenvalue weighted by molar-refractivity contribution is 0.170. The molecule has 1 heterocycles. The van der Waals surface area contributed by atoms with Gasteiger partial charge in [-0.1, -0.05) is 24.9 Å². The van der Waals surface area contributed by atoms with Crippen LogP contribution in [0.2, 0.25) is 5.02 Å². The van der Waals surface area contributed by atoms with Crippen LogP contribution in [0.4, 0.5) is 0 Å². The van der Waals surface area contributed by atoms with Crippen molar-refractivity contribution in [3.8, 4) is 11.5 Å². The van der Waals surface area contributed by atoms with Gasteiger partial charge in [-0.05, 0) is 30.7 Å². The molecule has 1 aliphatic heterocycles. The molecular formula is C15H22ClNO3. The van der Waals surface area contributed by atoms with E-state index >= 15 is 0 Å². The summed E-state index contributed by atoms with van der Waals surface area (Å²) in [6.07, 6.45) is 2.27. The Labute approximate surface area is 125 Å². The normalized spacial score (nSPS) is 13.8. The fourth-order valence-corrected chi connectivity index (χ4v) is 2.59. The predicted molar refractivity (Wildman–Crippen MR) is 79.7 cm³/mol. The van der Waals surface area contributed by atoms with Crippen molar-refractivity contribution >= 4 is 11.6 Å². The average Bonchev–Trinajstić information content (AvgIpc) is 2.45. The molecule has 4 nitrogen and oxygen atoms in total. The van der Waals surface area contributed by atoms with Crippen molar-refractivity contribution in [1.82, 2.24) is 4.90 Å². The molecule has 5 heteroatoms. The van der Waals surface area contributed by atoms with Gasteiger partial charge >= 0.3 is 0 Å². The number of halogens is 1. The summed E-state index contributed by atoms with van der Waals surface area (Å²) in [5, 5.41) is 9.74. The van der Waals surface area contributed by atoms with Gasteiger partial charge in [0.15, 0.2) is 11.5 Å². The number of benzene rings is 1. The van der Waals surface area contributed by atoms with Gasteiger partial charge < -0.3 is 14.6 Å². The van der Waals surface area contributed by atoms with Gasteiger partial charge in [-0.25, -0.2) is 0 Å². The van der Waals surface area contributed by atoms with E-state index in [1.54, 1.807) is 0 Å². The molecule has 0 radical (unpaired) electrons. The molecular weight excluding hydrogens is 278 g/mol. The Kier molecular flexibility index (Phi) is 5.95. The van der Waals surface area contributed by atoms with E-state index < -0.39 is 0 Å². The van der Waals surface area contributed by atoms with Gasteiger partial charge in [-0.3, -0.25) is 4.90 Å². The number of aliphatic hydroxyl groups is 1. The summed E-state index contributed by atoms with van der Waals surface area (Å²) in [5.74, 6) is 1.36. The Balaban J connectivity index is 2.09. The third-order valence-corrected chi connectivity index (χ3v) is 3.59. The quantitative estimate of drug-likeness (QED) is 0.840. The summed E-state index contributed by atoms with van der Waals surface area (Å²) < 4.78 is 11.1. The largest absolute Gasteiger partial charge is 0.486 e. The monoisotopic (exact) mass is 299 g/mol. The van der Waals surface area contributed by atoms with E-state index in [2.05, 4.69) is 11.8 Å². The first-order valence-corrected chi connectivity index (χ1v) is 7.53. The second-order valence-electron chi connectivity index (χ2n) is 4.96. The number of nitrogens with zero attached hydrogens (tertiary/aromatic N) is 1. The minimum atomic E-state index is 0.169. The van der Waals surface area contributed by atoms with Crippen LogP contribution in [-0.4, -0.2) is 42.9 Å². The van der Waals surface area contributed by atoms with Crippen LogP contribution in [0.25, 0.3) is 0 Å². The molecule has 0 saturated heterocycles. The van der Waals surface area contributed by atoms with Crippen molar-refractivity contribution in [3.05, 3.63) is 22.7 Å². The minimum absolute atomic E-state index is 0.169. The fourth-order valence-electron chi connectivity index (χ4n) is 2.31. The lowest BCUT2D eigenvalue weighted by Crippen LogP contribution is -2.27. The molecule has 0 spiro atoms. The first-order valence-electron chi connectivity index (χ1n) is 7.15. The van der Waals surface area contributed by atoms with Gasteiger partial charge in [0.05, 0.1) is 11.6 Å². The van der Waals surface area contributed by atoms with Gasteiger partial charge in [-0.2, -0.15) is 0 Å². The van der Waals surface area contributed by atoms with E-state index in [0.717, 1.165) is 37.2 Å². The second-order valence-corrected chi connectivity index (χ2v) is 5.36. The number of hydrogen-bond acceptors (Lipinski definition) is 4. The van der Waals surface area contributed by atoms with Crippen LogP contribution < -0.4 is 9.47 Å². The van der Waals surface area contributed by atoms with Crippen molar-refractivity contribution in [2.75, 3.05) is 32.9 Å². The maximum atomic E-state index is 9.15. The van der Waals surface area contributed by atoms with Crippen LogP contribution >= 0.6 is 11.6 Å². The maximum absolute atomic E-state index is 9.15. The number of ether oxygens (including phenoxy) is 2. The molecule has 0 aliphatic carbocycles. The molecule has 0 bridgehead atoms. The van der Waals surface area contributed by atoms with E-state index in [0.29, 0.717) is 30.5 Å². The Morgan fingerprint density at radius 3 is 2.80 bits per heavy atom. The molecule has 0 unspecified atom stereocenters. The topological polar surface area (TPSA) is 41.9 Å². The highest BCUT2D eigenvalue weighted by atomic mass is 35.5. The highest BCUT2D eigenvalue weighted by Crippen LogP contribution is 2.38. The lowest BCUT2D eigenvalue weighted by Gasteiger charge is -2.24. The fraction of sp³-hybridized carbons (Fsp3) is 0.600. The van der Waals surface area contributed by atoms with E-state index in [1.807, 2.05) is 12.1 Å². The zero-order valence-corrected chi connectivity index (χ0v) is 12.7. The average molecular weight is 300 g/mol. The Hall–Kier alpha value is -0.970. The number of aliphatic hydroxyl groups excluding tert-OH is 1. The first-order chi connectivity index (χ1) is 9.74. The number of unbranched alkanes of at least 4 members (excludes halogenated alkanes) is 1. The lowest BCUT2D eigenvalue weighted by atomic mass is 10.1. The molecule has 112 valence electrons. The van der Waals surface area contributed by atoms with Crippen LogP contribution in [0.3, 0.4) is 0 Å². The van der Waals surface area contributed by atoms with Gasteiger partial charge in [-0.15, -0.1) is 0 Å². The summed E-state index contributed by atoms with van der Waals surface area (Å²) in [6.45, 7) is 5.84. The van der Waals surface area contributed by atoms with Crippen molar-refractivity contribution in [2.45, 2.75) is 26.3 Å². The van der Waals surface area contributed by atoms with Crippen LogP contribution in [0.15, 0.2) is 12.1 Å². The molecule has 20 heavy (non-hydrogen) atoms. The second kappa shape index (κ2) is 7.72. The van der Waals surface area contributed by atoms with Crippen molar-refractivity contribution in [2.24, 2.45) is 0 Å². The first kappa shape index (κ1) is 15.4. The molecule has 0 amide bonds. The maximum Gasteiger partial charge on any atom is 0.179 e. The standard InChI is InChI=1S/C15H22ClNO3/c1-2-3-4-17(5-6-18)11-12-9-13(16)15-14(10-12)19-7-8-20-15/h9-10,18H,2-8,11H2,1H3. The minimum Gasteiger partial charge on any atom is -0.486 e. The molecule has 0 aromatic heterocycles. The van der Waals surface area contributed by atoms with Crippen molar-refractivity contribution < 1.29 is 14.6 Å². The summed E-state index contributed by atoms with van der Waals surface area (Å²) in [5.41, 5.74) is 1.09. The highest BCUT2D eigenvalue weighted by molar-refractivity contribution is 6.32. The Bertz CT molecular complexity index is 439. The third-order valence-electron chi connectivity index (χ3n) is 3.31. The third kappa shape index (κ3) is 4.01. The highest BCUT2D eigenvalue weighted by Gasteiger charge is 2.17. The summed E-state index contributed by atoms with van der Waals surface area (Å²) in [6, 6.07) is 3.90. The Morgan fingerprint density at radius 1 is 1.25 bits per heavy atom. The van der Waals surface area contributed by atoms with Gasteiger partial charge in [0, 0.05) is 13.1 Å². The molecule has 2 rings (SSSR count). The summed E-state index contributed by atoms with van der Waals surface area (Å²) in [7, 11) is 0. The smallest absolute Gasteiger partial charge is 0.179 e. The zero-order valence-electron chi connectivity index (χ0n) is 11.9. The van der Waals surface area contributed by atoms with E-state index in [9.17, 15) is 0 Å². The van der Waals surface area contributed by atoms with Crippen molar-refractivity contribution in [1.29, 1.82) is 0 Å². The Morgan fingerprint density at radius 2 is 2.05 bits per heavy atom. The molecule has 1 N–H and O–H groups in total. The number of hydrogen-bond donors (Lipinski definition) is 1. The molecule has 1 aliphatic rings. The van der Waals surface area contributed by atoms with Crippen LogP contribution in [-0.2, 0) is 6.54 Å². The van der Waals surface area contributed by atoms with Gasteiger partial charge in [0.2, 0.25) is 0 Å². The van der Waals surface area contributed by atoms with Crippen LogP contribution in [0.5, 0.6) is 11.5 Å². The van der Waals surface area contributed by atoms with Gasteiger partial charge in [0.1, 0.15) is 13.2 Å². The van der Waals surface area contributed by atoms with Crippen molar-refractivity contribution in [3.63, 3.8) is 0 Å². The molecule has 1 aromatic carbocycles. The van der Waals surface area contributed by atoms with Crippen LogP contribution in [0.1, 0.15) is 25.3 Å². The molecule has 0 fully saturated rings. The van der Waals surface area contributed by atoms with E-state index in [4.69, 9.17) is 26.2 Å². The number of rotatable bonds is 7. The summed E-state index contributed by atoms with van der Waals surface area (Å²) in [4.78, 5) is 2.23. The van der Waals surface area contributed by atoms with Gasteiger partial charge in [0.25, 0.3) is 0 Å². The number of fused-ring (bicyclic) bond motifs is 1. The predicted octanol–water partition coefficient (Wildman–Crippen LogP) is 2.71. The van der Waals surface area contributed by atoms with E-state index in [-0.39, 0.29) is 6.61 Å². The summed E-state index contributed by atoms with van der Waals surface area (Å²) >= 11 is 6.24. The SMILES string of the molecule is CCCCN(CCO)Cc1cc(Cl)c2c(c1)OCCO2. The van der Waals surface area contributed by atoms with Crippen LogP contribution in [0, 0.1) is 0 Å². The molecule has 1 aromatic rings. The molecule has 0 atom stereocenters. The van der Waals surface area contributed by atoms with E-state index in [1.165, 1.54) is 0 Å².